The molecule has 3 rings (SSSR count). The van der Waals surface area contributed by atoms with Crippen molar-refractivity contribution in [1.29, 1.82) is 0 Å². The molecule has 3 aromatic rings. The second kappa shape index (κ2) is 6.34. The van der Waals surface area contributed by atoms with E-state index < -0.39 is 5.97 Å². The first-order valence-corrected chi connectivity index (χ1v) is 8.15. The van der Waals surface area contributed by atoms with Crippen molar-refractivity contribution in [3.63, 3.8) is 0 Å². The molecule has 0 aliphatic rings. The van der Waals surface area contributed by atoms with E-state index in [-0.39, 0.29) is 12.2 Å². The highest BCUT2D eigenvalue weighted by atomic mass is 32.1. The lowest BCUT2D eigenvalue weighted by Crippen LogP contribution is -2.14. The fourth-order valence-corrected chi connectivity index (χ4v) is 2.93. The zero-order valence-electron chi connectivity index (χ0n) is 12.9. The zero-order chi connectivity index (χ0) is 16.4. The highest BCUT2D eigenvalue weighted by Gasteiger charge is 2.10. The summed E-state index contributed by atoms with van der Waals surface area (Å²) in [6.45, 7) is 4.17. The Kier molecular flexibility index (Phi) is 4.25. The van der Waals surface area contributed by atoms with E-state index in [1.54, 1.807) is 23.7 Å². The van der Waals surface area contributed by atoms with Gasteiger partial charge >= 0.3 is 5.97 Å². The van der Waals surface area contributed by atoms with Gasteiger partial charge in [-0.05, 0) is 23.6 Å². The van der Waals surface area contributed by atoms with Crippen LogP contribution in [-0.2, 0) is 11.3 Å². The lowest BCUT2D eigenvalue weighted by Gasteiger charge is -2.07. The van der Waals surface area contributed by atoms with Gasteiger partial charge in [-0.15, -0.1) is 11.3 Å². The number of thiazole rings is 1. The molecule has 0 fully saturated rings. The summed E-state index contributed by atoms with van der Waals surface area (Å²) in [6, 6.07) is 8.73. The molecule has 5 nitrogen and oxygen atoms in total. The van der Waals surface area contributed by atoms with Gasteiger partial charge in [0.15, 0.2) is 4.96 Å². The lowest BCUT2D eigenvalue weighted by atomic mass is 10.0. The van der Waals surface area contributed by atoms with Crippen molar-refractivity contribution in [1.82, 2.24) is 9.38 Å². The quantitative estimate of drug-likeness (QED) is 0.690. The van der Waals surface area contributed by atoms with E-state index in [1.165, 1.54) is 27.4 Å². The van der Waals surface area contributed by atoms with E-state index in [2.05, 4.69) is 18.8 Å². The molecule has 1 aromatic carbocycles. The van der Waals surface area contributed by atoms with Crippen LogP contribution >= 0.6 is 11.3 Å². The number of rotatable bonds is 4. The van der Waals surface area contributed by atoms with Crippen molar-refractivity contribution < 1.29 is 9.53 Å². The zero-order valence-corrected chi connectivity index (χ0v) is 13.7. The first kappa shape index (κ1) is 15.4. The van der Waals surface area contributed by atoms with Crippen LogP contribution in [0.15, 0.2) is 46.7 Å². The molecule has 118 valence electrons. The molecule has 0 unspecified atom stereocenters. The minimum Gasteiger partial charge on any atom is -0.456 e. The molecule has 0 aliphatic heterocycles. The summed E-state index contributed by atoms with van der Waals surface area (Å²) in [6.07, 6.45) is 1.67. The molecule has 0 saturated heterocycles. The van der Waals surface area contributed by atoms with E-state index in [0.717, 1.165) is 0 Å². The van der Waals surface area contributed by atoms with Gasteiger partial charge in [-0.25, -0.2) is 9.78 Å². The Labute approximate surface area is 137 Å². The van der Waals surface area contributed by atoms with Gasteiger partial charge in [-0.2, -0.15) is 0 Å². The number of benzene rings is 1. The summed E-state index contributed by atoms with van der Waals surface area (Å²) in [5, 5.41) is 1.79. The van der Waals surface area contributed by atoms with Crippen LogP contribution in [0.2, 0.25) is 0 Å². The highest BCUT2D eigenvalue weighted by molar-refractivity contribution is 7.15. The van der Waals surface area contributed by atoms with Crippen LogP contribution in [0.25, 0.3) is 4.96 Å². The SMILES string of the molecule is CC(C)c1ccc(C(=O)OCc2cc(=O)n3ccsc3n2)cc1. The fourth-order valence-electron chi connectivity index (χ4n) is 2.19. The van der Waals surface area contributed by atoms with Gasteiger partial charge in [0.25, 0.3) is 5.56 Å². The molecule has 0 aliphatic carbocycles. The molecule has 0 N–H and O–H groups in total. The number of aromatic nitrogens is 2. The van der Waals surface area contributed by atoms with Crippen molar-refractivity contribution >= 4 is 22.3 Å². The first-order valence-electron chi connectivity index (χ1n) is 7.27. The first-order chi connectivity index (χ1) is 11.0. The standard InChI is InChI=1S/C17H16N2O3S/c1-11(2)12-3-5-13(6-4-12)16(21)22-10-14-9-15(20)19-7-8-23-17(19)18-14/h3-9,11H,10H2,1-2H3. The highest BCUT2D eigenvalue weighted by Crippen LogP contribution is 2.15. The molecule has 0 radical (unpaired) electrons. The number of ether oxygens (including phenoxy) is 1. The third-order valence-electron chi connectivity index (χ3n) is 3.52. The van der Waals surface area contributed by atoms with E-state index >= 15 is 0 Å². The smallest absolute Gasteiger partial charge is 0.338 e. The van der Waals surface area contributed by atoms with E-state index in [9.17, 15) is 9.59 Å². The molecule has 2 aromatic heterocycles. The molecule has 0 spiro atoms. The van der Waals surface area contributed by atoms with Crippen LogP contribution in [0.1, 0.15) is 41.4 Å². The maximum absolute atomic E-state index is 12.1. The molecule has 0 saturated carbocycles. The molecule has 0 atom stereocenters. The number of carbonyl (C=O) groups is 1. The number of esters is 1. The predicted molar refractivity (Wildman–Crippen MR) is 89.0 cm³/mol. The molecule has 2 heterocycles. The lowest BCUT2D eigenvalue weighted by molar-refractivity contribution is 0.0468. The van der Waals surface area contributed by atoms with Crippen molar-refractivity contribution in [3.8, 4) is 0 Å². The van der Waals surface area contributed by atoms with Crippen molar-refractivity contribution in [3.05, 3.63) is 69.1 Å². The largest absolute Gasteiger partial charge is 0.456 e. The van der Waals surface area contributed by atoms with Gasteiger partial charge in [0.1, 0.15) is 6.61 Å². The fraction of sp³-hybridized carbons (Fsp3) is 0.235. The van der Waals surface area contributed by atoms with Gasteiger partial charge in [0.05, 0.1) is 11.3 Å². The van der Waals surface area contributed by atoms with Crippen LogP contribution in [0.3, 0.4) is 0 Å². The van der Waals surface area contributed by atoms with E-state index in [4.69, 9.17) is 4.74 Å². The molecule has 6 heteroatoms. The minimum absolute atomic E-state index is 0.0194. The van der Waals surface area contributed by atoms with Gasteiger partial charge in [-0.1, -0.05) is 26.0 Å². The second-order valence-electron chi connectivity index (χ2n) is 5.49. The summed E-state index contributed by atoms with van der Waals surface area (Å²) in [7, 11) is 0. The van der Waals surface area contributed by atoms with Crippen LogP contribution < -0.4 is 5.56 Å². The van der Waals surface area contributed by atoms with Crippen LogP contribution in [-0.4, -0.2) is 15.4 Å². The Balaban J connectivity index is 1.71. The third kappa shape index (κ3) is 3.32. The molecular weight excluding hydrogens is 312 g/mol. The Bertz CT molecular complexity index is 894. The monoisotopic (exact) mass is 328 g/mol. The average Bonchev–Trinajstić information content (AvgIpc) is 3.02. The third-order valence-corrected chi connectivity index (χ3v) is 4.28. The number of carbonyl (C=O) groups excluding carboxylic acids is 1. The van der Waals surface area contributed by atoms with Crippen LogP contribution in [0.4, 0.5) is 0 Å². The Morgan fingerprint density at radius 3 is 2.74 bits per heavy atom. The minimum atomic E-state index is -0.423. The molecule has 23 heavy (non-hydrogen) atoms. The van der Waals surface area contributed by atoms with Gasteiger partial charge in [-0.3, -0.25) is 9.20 Å². The van der Waals surface area contributed by atoms with Gasteiger partial charge in [0, 0.05) is 17.6 Å². The summed E-state index contributed by atoms with van der Waals surface area (Å²) in [5.74, 6) is -0.0109. The van der Waals surface area contributed by atoms with E-state index in [0.29, 0.717) is 22.1 Å². The molecule has 0 amide bonds. The van der Waals surface area contributed by atoms with Crippen molar-refractivity contribution in [2.45, 2.75) is 26.4 Å². The normalized spacial score (nSPS) is 11.1. The van der Waals surface area contributed by atoms with Gasteiger partial charge in [0.2, 0.25) is 0 Å². The Morgan fingerprint density at radius 1 is 1.30 bits per heavy atom. The summed E-state index contributed by atoms with van der Waals surface area (Å²) < 4.78 is 6.71. The van der Waals surface area contributed by atoms with Gasteiger partial charge < -0.3 is 4.74 Å². The second-order valence-corrected chi connectivity index (χ2v) is 6.37. The number of fused-ring (bicyclic) bond motifs is 1. The number of nitrogens with zero attached hydrogens (tertiary/aromatic N) is 2. The molecule has 0 bridgehead atoms. The topological polar surface area (TPSA) is 60.7 Å². The van der Waals surface area contributed by atoms with Crippen molar-refractivity contribution in [2.24, 2.45) is 0 Å². The van der Waals surface area contributed by atoms with Crippen molar-refractivity contribution in [2.75, 3.05) is 0 Å². The van der Waals surface area contributed by atoms with Crippen LogP contribution in [0, 0.1) is 0 Å². The number of hydrogen-bond acceptors (Lipinski definition) is 5. The van der Waals surface area contributed by atoms with E-state index in [1.807, 2.05) is 12.1 Å². The maximum Gasteiger partial charge on any atom is 0.338 e. The summed E-state index contributed by atoms with van der Waals surface area (Å²) in [4.78, 5) is 28.8. The summed E-state index contributed by atoms with van der Waals surface area (Å²) in [5.41, 5.74) is 1.93. The van der Waals surface area contributed by atoms with Crippen LogP contribution in [0.5, 0.6) is 0 Å². The summed E-state index contributed by atoms with van der Waals surface area (Å²) >= 11 is 1.36. The molecular formula is C17H16N2O3S. The maximum atomic E-state index is 12.1. The Hall–Kier alpha value is -2.47. The Morgan fingerprint density at radius 2 is 2.04 bits per heavy atom. The predicted octanol–water partition coefficient (Wildman–Crippen LogP) is 3.24. The number of hydrogen-bond donors (Lipinski definition) is 0. The average molecular weight is 328 g/mol.